The zero-order valence-electron chi connectivity index (χ0n) is 10.4. The van der Waals surface area contributed by atoms with Gasteiger partial charge in [-0.3, -0.25) is 0 Å². The third-order valence-corrected chi connectivity index (χ3v) is 5.00. The fourth-order valence-corrected chi connectivity index (χ4v) is 3.94. The molecular weight excluding hydrogens is 268 g/mol. The zero-order chi connectivity index (χ0) is 13.2. The highest BCUT2D eigenvalue weighted by Crippen LogP contribution is 2.30. The van der Waals surface area contributed by atoms with Gasteiger partial charge in [0.25, 0.3) is 10.0 Å². The van der Waals surface area contributed by atoms with Crippen molar-refractivity contribution < 1.29 is 8.42 Å². The van der Waals surface area contributed by atoms with Crippen molar-refractivity contribution in [3.8, 4) is 0 Å². The summed E-state index contributed by atoms with van der Waals surface area (Å²) in [5.74, 6) is 0.874. The molecule has 1 heterocycles. The Morgan fingerprint density at radius 3 is 2.89 bits per heavy atom. The molecule has 0 bridgehead atoms. The molecule has 18 heavy (non-hydrogen) atoms. The third kappa shape index (κ3) is 2.87. The van der Waals surface area contributed by atoms with Crippen LogP contribution < -0.4 is 5.32 Å². The lowest BCUT2D eigenvalue weighted by atomic mass is 10.2. The maximum absolute atomic E-state index is 12.0. The maximum Gasteiger partial charge on any atom is 0.286 e. The van der Waals surface area contributed by atoms with E-state index in [1.807, 2.05) is 13.0 Å². The molecule has 2 rings (SSSR count). The van der Waals surface area contributed by atoms with E-state index in [1.165, 1.54) is 11.8 Å². The monoisotopic (exact) mass is 284 g/mol. The molecule has 0 radical (unpaired) electrons. The SMILES string of the molecule is CCCCSC1=NS(=O)(=O)c2ccc(C)cc2N1. The average Bonchev–Trinajstić information content (AvgIpc) is 2.27. The highest BCUT2D eigenvalue weighted by atomic mass is 32.2. The van der Waals surface area contributed by atoms with Crippen LogP contribution in [0.25, 0.3) is 0 Å². The first-order valence-corrected chi connectivity index (χ1v) is 8.31. The molecule has 0 saturated carbocycles. The number of fused-ring (bicyclic) bond motifs is 1. The lowest BCUT2D eigenvalue weighted by Gasteiger charge is -2.17. The Morgan fingerprint density at radius 2 is 2.17 bits per heavy atom. The Morgan fingerprint density at radius 1 is 1.39 bits per heavy atom. The molecule has 0 atom stereocenters. The quantitative estimate of drug-likeness (QED) is 0.867. The highest BCUT2D eigenvalue weighted by Gasteiger charge is 2.24. The van der Waals surface area contributed by atoms with E-state index in [4.69, 9.17) is 0 Å². The van der Waals surface area contributed by atoms with Gasteiger partial charge in [-0.25, -0.2) is 0 Å². The van der Waals surface area contributed by atoms with Crippen LogP contribution in [0.3, 0.4) is 0 Å². The van der Waals surface area contributed by atoms with Crippen LogP contribution in [0.1, 0.15) is 25.3 Å². The van der Waals surface area contributed by atoms with E-state index >= 15 is 0 Å². The molecule has 1 aromatic rings. The van der Waals surface area contributed by atoms with Crippen molar-refractivity contribution in [2.24, 2.45) is 4.40 Å². The van der Waals surface area contributed by atoms with Crippen molar-refractivity contribution in [1.82, 2.24) is 0 Å². The highest BCUT2D eigenvalue weighted by molar-refractivity contribution is 8.14. The van der Waals surface area contributed by atoms with Crippen LogP contribution in [0.2, 0.25) is 0 Å². The number of anilines is 1. The maximum atomic E-state index is 12.0. The number of thioether (sulfide) groups is 1. The lowest BCUT2D eigenvalue weighted by Crippen LogP contribution is -2.19. The van der Waals surface area contributed by atoms with Gasteiger partial charge in [0, 0.05) is 5.75 Å². The number of nitrogens with one attached hydrogen (secondary N) is 1. The van der Waals surface area contributed by atoms with Gasteiger partial charge in [0.1, 0.15) is 4.90 Å². The molecule has 0 aliphatic carbocycles. The van der Waals surface area contributed by atoms with Gasteiger partial charge in [-0.15, -0.1) is 4.40 Å². The minimum Gasteiger partial charge on any atom is -0.333 e. The van der Waals surface area contributed by atoms with E-state index < -0.39 is 10.0 Å². The Kier molecular flexibility index (Phi) is 3.97. The van der Waals surface area contributed by atoms with Crippen LogP contribution in [-0.2, 0) is 10.0 Å². The second-order valence-corrected chi connectivity index (χ2v) is 6.85. The number of benzene rings is 1. The van der Waals surface area contributed by atoms with E-state index in [-0.39, 0.29) is 4.90 Å². The molecule has 1 aromatic carbocycles. The summed E-state index contributed by atoms with van der Waals surface area (Å²) in [6, 6.07) is 5.22. The predicted octanol–water partition coefficient (Wildman–Crippen LogP) is 3.00. The van der Waals surface area contributed by atoms with Gasteiger partial charge < -0.3 is 5.32 Å². The molecule has 6 heteroatoms. The van der Waals surface area contributed by atoms with Crippen LogP contribution >= 0.6 is 11.8 Å². The number of rotatable bonds is 3. The van der Waals surface area contributed by atoms with Crippen molar-refractivity contribution >= 4 is 32.6 Å². The van der Waals surface area contributed by atoms with Crippen molar-refractivity contribution in [3.63, 3.8) is 0 Å². The first kappa shape index (κ1) is 13.4. The van der Waals surface area contributed by atoms with E-state index in [0.29, 0.717) is 10.9 Å². The Hall–Kier alpha value is -1.01. The fraction of sp³-hybridized carbons (Fsp3) is 0.417. The molecule has 1 N–H and O–H groups in total. The molecule has 0 saturated heterocycles. The van der Waals surface area contributed by atoms with Crippen molar-refractivity contribution in [3.05, 3.63) is 23.8 Å². The summed E-state index contributed by atoms with van der Waals surface area (Å²) in [6.45, 7) is 4.04. The van der Waals surface area contributed by atoms with Crippen molar-refractivity contribution in [1.29, 1.82) is 0 Å². The summed E-state index contributed by atoms with van der Waals surface area (Å²) in [7, 11) is -3.54. The Balaban J connectivity index is 2.27. The van der Waals surface area contributed by atoms with E-state index in [1.54, 1.807) is 12.1 Å². The van der Waals surface area contributed by atoms with Gasteiger partial charge in [0.2, 0.25) is 0 Å². The summed E-state index contributed by atoms with van der Waals surface area (Å²) in [4.78, 5) is 0.257. The number of amidine groups is 1. The van der Waals surface area contributed by atoms with Gasteiger partial charge in [0.05, 0.1) is 5.69 Å². The first-order valence-electron chi connectivity index (χ1n) is 5.88. The van der Waals surface area contributed by atoms with E-state index in [9.17, 15) is 8.42 Å². The fourth-order valence-electron chi connectivity index (χ4n) is 1.64. The first-order chi connectivity index (χ1) is 8.53. The van der Waals surface area contributed by atoms with Gasteiger partial charge >= 0.3 is 0 Å². The van der Waals surface area contributed by atoms with Crippen molar-refractivity contribution in [2.45, 2.75) is 31.6 Å². The molecule has 0 spiro atoms. The second-order valence-electron chi connectivity index (χ2n) is 4.20. The summed E-state index contributed by atoms with van der Waals surface area (Å²) in [5, 5.41) is 3.56. The molecular formula is C12H16N2O2S2. The molecule has 0 amide bonds. The molecule has 4 nitrogen and oxygen atoms in total. The normalized spacial score (nSPS) is 16.7. The standard InChI is InChI=1S/C12H16N2O2S2/c1-3-4-7-17-12-13-10-8-9(2)5-6-11(10)18(15,16)14-12/h5-6,8H,3-4,7H2,1-2H3,(H,13,14). The summed E-state index contributed by atoms with van der Waals surface area (Å²) in [5.41, 5.74) is 1.65. The van der Waals surface area contributed by atoms with Crippen LogP contribution in [0.15, 0.2) is 27.5 Å². The number of hydrogen-bond donors (Lipinski definition) is 1. The topological polar surface area (TPSA) is 58.5 Å². The van der Waals surface area contributed by atoms with Gasteiger partial charge in [0.15, 0.2) is 5.17 Å². The summed E-state index contributed by atoms with van der Waals surface area (Å²) in [6.07, 6.45) is 2.13. The Bertz CT molecular complexity index is 580. The average molecular weight is 284 g/mol. The number of unbranched alkanes of at least 4 members (excludes halogenated alkanes) is 1. The molecule has 0 fully saturated rings. The van der Waals surface area contributed by atoms with Crippen molar-refractivity contribution in [2.75, 3.05) is 11.1 Å². The number of aryl methyl sites for hydroxylation is 1. The van der Waals surface area contributed by atoms with Gasteiger partial charge in [-0.05, 0) is 31.0 Å². The third-order valence-electron chi connectivity index (χ3n) is 2.59. The molecule has 98 valence electrons. The van der Waals surface area contributed by atoms with Crippen LogP contribution in [0.5, 0.6) is 0 Å². The molecule has 0 unspecified atom stereocenters. The number of hydrogen-bond acceptors (Lipinski definition) is 4. The van der Waals surface area contributed by atoms with Crippen LogP contribution in [-0.4, -0.2) is 19.3 Å². The summed E-state index contributed by atoms with van der Waals surface area (Å²) < 4.78 is 27.8. The summed E-state index contributed by atoms with van der Waals surface area (Å²) >= 11 is 1.45. The Labute approximate surface area is 112 Å². The van der Waals surface area contributed by atoms with Crippen LogP contribution in [0.4, 0.5) is 5.69 Å². The smallest absolute Gasteiger partial charge is 0.286 e. The predicted molar refractivity (Wildman–Crippen MR) is 76.8 cm³/mol. The minimum atomic E-state index is -3.54. The van der Waals surface area contributed by atoms with Gasteiger partial charge in [-0.2, -0.15) is 8.42 Å². The molecule has 1 aliphatic heterocycles. The molecule has 1 aliphatic rings. The van der Waals surface area contributed by atoms with Gasteiger partial charge in [-0.1, -0.05) is 31.2 Å². The largest absolute Gasteiger partial charge is 0.333 e. The number of sulfonamides is 1. The zero-order valence-corrected chi connectivity index (χ0v) is 12.1. The molecule has 0 aromatic heterocycles. The minimum absolute atomic E-state index is 0.257. The van der Waals surface area contributed by atoms with E-state index in [2.05, 4.69) is 16.6 Å². The number of nitrogens with zero attached hydrogens (tertiary/aromatic N) is 1. The van der Waals surface area contributed by atoms with E-state index in [0.717, 1.165) is 24.2 Å². The second kappa shape index (κ2) is 5.32. The van der Waals surface area contributed by atoms with Crippen LogP contribution in [0, 0.1) is 6.92 Å². The lowest BCUT2D eigenvalue weighted by molar-refractivity contribution is 0.598.